The minimum Gasteiger partial charge on any atom is -0.497 e. The van der Waals surface area contributed by atoms with Gasteiger partial charge >= 0.3 is 0 Å². The summed E-state index contributed by atoms with van der Waals surface area (Å²) in [5.41, 5.74) is 2.13. The number of alkyl halides is 1. The zero-order valence-corrected chi connectivity index (χ0v) is 13.0. The maximum Gasteiger partial charge on any atom is 0.127 e. The number of benzene rings is 1. The molecule has 2 aromatic rings. The second-order valence-electron chi connectivity index (χ2n) is 5.74. The van der Waals surface area contributed by atoms with Crippen molar-refractivity contribution < 1.29 is 4.74 Å². The van der Waals surface area contributed by atoms with Gasteiger partial charge in [0.1, 0.15) is 11.6 Å². The summed E-state index contributed by atoms with van der Waals surface area (Å²) in [6.07, 6.45) is 3.97. The molecule has 1 aromatic carbocycles. The Kier molecular flexibility index (Phi) is 3.63. The molecular weight excluding hydrogens is 272 g/mol. The zero-order chi connectivity index (χ0) is 14.3. The van der Waals surface area contributed by atoms with Crippen molar-refractivity contribution in [1.82, 2.24) is 9.55 Å². The molecule has 1 aliphatic rings. The van der Waals surface area contributed by atoms with Gasteiger partial charge in [0.25, 0.3) is 0 Å². The van der Waals surface area contributed by atoms with Crippen molar-refractivity contribution in [3.8, 4) is 5.75 Å². The van der Waals surface area contributed by atoms with Gasteiger partial charge in [-0.05, 0) is 44.7 Å². The summed E-state index contributed by atoms with van der Waals surface area (Å²) < 4.78 is 7.62. The molecule has 1 fully saturated rings. The van der Waals surface area contributed by atoms with Crippen molar-refractivity contribution in [2.24, 2.45) is 5.92 Å². The van der Waals surface area contributed by atoms with Gasteiger partial charge < -0.3 is 9.30 Å². The molecule has 1 saturated carbocycles. The second-order valence-corrected chi connectivity index (χ2v) is 6.40. The van der Waals surface area contributed by atoms with Crippen LogP contribution in [0.15, 0.2) is 18.2 Å². The Morgan fingerprint density at radius 3 is 2.65 bits per heavy atom. The van der Waals surface area contributed by atoms with E-state index in [9.17, 15) is 0 Å². The number of ether oxygens (including phenoxy) is 1. The molecule has 0 saturated heterocycles. The fourth-order valence-electron chi connectivity index (χ4n) is 3.07. The van der Waals surface area contributed by atoms with Crippen LogP contribution in [0.2, 0.25) is 0 Å². The molecule has 4 heteroatoms. The minimum absolute atomic E-state index is 0.0871. The highest BCUT2D eigenvalue weighted by Gasteiger charge is 2.29. The molecular formula is C16H21ClN2O. The van der Waals surface area contributed by atoms with Crippen molar-refractivity contribution in [2.75, 3.05) is 7.11 Å². The molecule has 3 rings (SSSR count). The lowest BCUT2D eigenvalue weighted by Gasteiger charge is -2.33. The van der Waals surface area contributed by atoms with E-state index >= 15 is 0 Å². The molecule has 3 nitrogen and oxygen atoms in total. The summed E-state index contributed by atoms with van der Waals surface area (Å²) in [4.78, 5) is 4.73. The van der Waals surface area contributed by atoms with Gasteiger partial charge in [-0.15, -0.1) is 11.6 Å². The van der Waals surface area contributed by atoms with Crippen molar-refractivity contribution in [3.63, 3.8) is 0 Å². The average molecular weight is 293 g/mol. The van der Waals surface area contributed by atoms with E-state index in [1.165, 1.54) is 19.3 Å². The van der Waals surface area contributed by atoms with Crippen LogP contribution in [0.3, 0.4) is 0 Å². The van der Waals surface area contributed by atoms with E-state index in [1.807, 2.05) is 19.1 Å². The Morgan fingerprint density at radius 2 is 2.10 bits per heavy atom. The Balaban J connectivity index is 2.13. The van der Waals surface area contributed by atoms with Crippen LogP contribution in [-0.4, -0.2) is 16.7 Å². The van der Waals surface area contributed by atoms with Gasteiger partial charge in [0, 0.05) is 12.1 Å². The van der Waals surface area contributed by atoms with E-state index in [0.29, 0.717) is 6.04 Å². The third-order valence-electron chi connectivity index (χ3n) is 4.52. The number of hydrogen-bond donors (Lipinski definition) is 0. The Bertz CT molecular complexity index is 616. The number of aromatic nitrogens is 2. The van der Waals surface area contributed by atoms with Crippen LogP contribution in [-0.2, 0) is 0 Å². The van der Waals surface area contributed by atoms with Gasteiger partial charge in [-0.3, -0.25) is 0 Å². The molecule has 1 heterocycles. The van der Waals surface area contributed by atoms with E-state index in [0.717, 1.165) is 28.5 Å². The molecule has 0 aliphatic heterocycles. The summed E-state index contributed by atoms with van der Waals surface area (Å²) in [6.45, 7) is 4.28. The first-order chi connectivity index (χ1) is 9.61. The van der Waals surface area contributed by atoms with Crippen LogP contribution in [0.4, 0.5) is 0 Å². The zero-order valence-electron chi connectivity index (χ0n) is 12.3. The Labute approximate surface area is 124 Å². The number of halogens is 1. The third kappa shape index (κ3) is 2.18. The molecule has 108 valence electrons. The van der Waals surface area contributed by atoms with Crippen LogP contribution < -0.4 is 4.74 Å². The van der Waals surface area contributed by atoms with Crippen molar-refractivity contribution in [1.29, 1.82) is 0 Å². The predicted octanol–water partition coefficient (Wildman–Crippen LogP) is 4.71. The first kappa shape index (κ1) is 13.7. The van der Waals surface area contributed by atoms with Gasteiger partial charge in [-0.2, -0.15) is 0 Å². The molecule has 0 amide bonds. The molecule has 0 N–H and O–H groups in total. The summed E-state index contributed by atoms with van der Waals surface area (Å²) in [6, 6.07) is 6.54. The summed E-state index contributed by atoms with van der Waals surface area (Å²) in [5, 5.41) is -0.0871. The van der Waals surface area contributed by atoms with E-state index in [4.69, 9.17) is 21.3 Å². The van der Waals surface area contributed by atoms with Gasteiger partial charge in [0.2, 0.25) is 0 Å². The van der Waals surface area contributed by atoms with Gasteiger partial charge in [0.05, 0.1) is 23.5 Å². The first-order valence-corrected chi connectivity index (χ1v) is 7.75. The van der Waals surface area contributed by atoms with Gasteiger partial charge in [-0.1, -0.05) is 6.42 Å². The molecule has 20 heavy (non-hydrogen) atoms. The molecule has 1 aromatic heterocycles. The highest BCUT2D eigenvalue weighted by atomic mass is 35.5. The lowest BCUT2D eigenvalue weighted by atomic mass is 9.80. The molecule has 0 radical (unpaired) electrons. The number of fused-ring (bicyclic) bond motifs is 1. The predicted molar refractivity (Wildman–Crippen MR) is 82.6 cm³/mol. The fourth-order valence-corrected chi connectivity index (χ4v) is 3.22. The number of methoxy groups -OCH3 is 1. The fraction of sp³-hybridized carbons (Fsp3) is 0.562. The van der Waals surface area contributed by atoms with E-state index in [1.54, 1.807) is 7.11 Å². The topological polar surface area (TPSA) is 27.1 Å². The maximum absolute atomic E-state index is 6.35. The van der Waals surface area contributed by atoms with Crippen molar-refractivity contribution in [3.05, 3.63) is 24.0 Å². The Morgan fingerprint density at radius 1 is 1.35 bits per heavy atom. The molecule has 2 atom stereocenters. The van der Waals surface area contributed by atoms with Gasteiger partial charge in [-0.25, -0.2) is 4.98 Å². The van der Waals surface area contributed by atoms with Crippen LogP contribution in [0.5, 0.6) is 5.75 Å². The monoisotopic (exact) mass is 292 g/mol. The highest BCUT2D eigenvalue weighted by Crippen LogP contribution is 2.40. The van der Waals surface area contributed by atoms with Crippen LogP contribution >= 0.6 is 11.6 Å². The van der Waals surface area contributed by atoms with Gasteiger partial charge in [0.15, 0.2) is 0 Å². The van der Waals surface area contributed by atoms with Crippen LogP contribution in [0, 0.1) is 5.92 Å². The molecule has 0 bridgehead atoms. The smallest absolute Gasteiger partial charge is 0.127 e. The van der Waals surface area contributed by atoms with Crippen molar-refractivity contribution in [2.45, 2.75) is 44.5 Å². The summed E-state index contributed by atoms with van der Waals surface area (Å²) in [7, 11) is 1.68. The number of imidazole rings is 1. The maximum atomic E-state index is 6.35. The normalized spacial score (nSPS) is 18.8. The number of hydrogen-bond acceptors (Lipinski definition) is 2. The number of rotatable bonds is 4. The average Bonchev–Trinajstić information content (AvgIpc) is 2.74. The van der Waals surface area contributed by atoms with Crippen LogP contribution in [0.25, 0.3) is 11.0 Å². The van der Waals surface area contributed by atoms with Crippen LogP contribution in [0.1, 0.15) is 50.4 Å². The minimum atomic E-state index is -0.0871. The molecule has 1 aliphatic carbocycles. The number of nitrogens with zero attached hydrogens (tertiary/aromatic N) is 2. The molecule has 2 unspecified atom stereocenters. The third-order valence-corrected chi connectivity index (χ3v) is 4.71. The quantitative estimate of drug-likeness (QED) is 0.763. The van der Waals surface area contributed by atoms with E-state index < -0.39 is 0 Å². The first-order valence-electron chi connectivity index (χ1n) is 7.31. The largest absolute Gasteiger partial charge is 0.497 e. The molecule has 0 spiro atoms. The summed E-state index contributed by atoms with van der Waals surface area (Å²) in [5.74, 6) is 2.56. The second kappa shape index (κ2) is 5.28. The summed E-state index contributed by atoms with van der Waals surface area (Å²) >= 11 is 6.35. The van der Waals surface area contributed by atoms with E-state index in [2.05, 4.69) is 17.6 Å². The lowest BCUT2D eigenvalue weighted by molar-refractivity contribution is 0.223. The lowest BCUT2D eigenvalue weighted by Crippen LogP contribution is -2.24. The highest BCUT2D eigenvalue weighted by molar-refractivity contribution is 6.20. The Hall–Kier alpha value is -1.22. The SMILES string of the molecule is COc1ccc2c(c1)nc(C(C)Cl)n2C(C)C1CCC1. The van der Waals surface area contributed by atoms with Crippen molar-refractivity contribution >= 4 is 22.6 Å². The van der Waals surface area contributed by atoms with E-state index in [-0.39, 0.29) is 5.38 Å². The standard InChI is InChI=1S/C16H21ClN2O/c1-10(17)16-18-14-9-13(20-3)7-8-15(14)19(16)11(2)12-5-4-6-12/h7-12H,4-6H2,1-3H3.